The predicted octanol–water partition coefficient (Wildman–Crippen LogP) is 2.02. The molecule has 0 saturated heterocycles. The van der Waals surface area contributed by atoms with Gasteiger partial charge in [-0.1, -0.05) is 0 Å². The SMILES string of the molecule is N#CCn1c(N)nc2cc3c(cc21)CCCC3. The standard InChI is InChI=1S/C13H14N4/c14-5-6-17-12-8-10-4-2-1-3-9(10)7-11(12)16-13(17)15/h7-8H,1-4,6H2,(H2,15,16). The number of imidazole rings is 1. The number of nitrogens with two attached hydrogens (primary N) is 1. The summed E-state index contributed by atoms with van der Waals surface area (Å²) in [6.07, 6.45) is 4.77. The second-order valence-corrected chi connectivity index (χ2v) is 4.53. The number of nitriles is 1. The monoisotopic (exact) mass is 226 g/mol. The lowest BCUT2D eigenvalue weighted by atomic mass is 9.91. The van der Waals surface area contributed by atoms with Gasteiger partial charge in [-0.2, -0.15) is 5.26 Å². The van der Waals surface area contributed by atoms with Gasteiger partial charge in [0.1, 0.15) is 6.54 Å². The Kier molecular flexibility index (Phi) is 2.25. The largest absolute Gasteiger partial charge is 0.369 e. The number of fused-ring (bicyclic) bond motifs is 2. The molecular formula is C13H14N4. The van der Waals surface area contributed by atoms with Gasteiger partial charge in [0.2, 0.25) is 5.95 Å². The maximum atomic E-state index is 8.81. The van der Waals surface area contributed by atoms with Gasteiger partial charge in [0, 0.05) is 0 Å². The van der Waals surface area contributed by atoms with Crippen molar-refractivity contribution >= 4 is 17.0 Å². The molecule has 1 aliphatic rings. The van der Waals surface area contributed by atoms with Crippen molar-refractivity contribution < 1.29 is 0 Å². The minimum Gasteiger partial charge on any atom is -0.369 e. The van der Waals surface area contributed by atoms with Crippen molar-refractivity contribution in [2.24, 2.45) is 0 Å². The highest BCUT2D eigenvalue weighted by molar-refractivity contribution is 5.80. The highest BCUT2D eigenvalue weighted by Gasteiger charge is 2.14. The average Bonchev–Trinajstić information content (AvgIpc) is 2.63. The van der Waals surface area contributed by atoms with Crippen LogP contribution in [0.4, 0.5) is 5.95 Å². The van der Waals surface area contributed by atoms with Crippen LogP contribution in [0.25, 0.3) is 11.0 Å². The molecule has 0 atom stereocenters. The molecule has 0 radical (unpaired) electrons. The van der Waals surface area contributed by atoms with E-state index in [0.717, 1.165) is 23.9 Å². The predicted molar refractivity (Wildman–Crippen MR) is 66.4 cm³/mol. The first kappa shape index (κ1) is 10.2. The highest BCUT2D eigenvalue weighted by Crippen LogP contribution is 2.27. The minimum atomic E-state index is 0.265. The summed E-state index contributed by atoms with van der Waals surface area (Å²) in [5.41, 5.74) is 10.5. The number of benzene rings is 1. The zero-order valence-corrected chi connectivity index (χ0v) is 9.61. The molecule has 0 fully saturated rings. The number of anilines is 1. The molecule has 2 aromatic rings. The molecule has 0 saturated carbocycles. The number of rotatable bonds is 1. The topological polar surface area (TPSA) is 67.6 Å². The van der Waals surface area contributed by atoms with Crippen LogP contribution in [0.5, 0.6) is 0 Å². The summed E-state index contributed by atoms with van der Waals surface area (Å²) < 4.78 is 1.78. The van der Waals surface area contributed by atoms with Crippen molar-refractivity contribution in [2.75, 3.05) is 5.73 Å². The van der Waals surface area contributed by atoms with Crippen molar-refractivity contribution in [3.63, 3.8) is 0 Å². The van der Waals surface area contributed by atoms with E-state index in [9.17, 15) is 0 Å². The van der Waals surface area contributed by atoms with Crippen LogP contribution in [-0.2, 0) is 19.4 Å². The molecule has 0 unspecified atom stereocenters. The third kappa shape index (κ3) is 1.55. The number of hydrogen-bond acceptors (Lipinski definition) is 3. The number of nitrogen functional groups attached to an aromatic ring is 1. The van der Waals surface area contributed by atoms with Crippen molar-refractivity contribution in [3.8, 4) is 6.07 Å². The second-order valence-electron chi connectivity index (χ2n) is 4.53. The van der Waals surface area contributed by atoms with E-state index in [1.165, 1.54) is 24.0 Å². The van der Waals surface area contributed by atoms with E-state index in [1.54, 1.807) is 4.57 Å². The Morgan fingerprint density at radius 3 is 2.71 bits per heavy atom. The molecule has 1 heterocycles. The molecule has 86 valence electrons. The van der Waals surface area contributed by atoms with Gasteiger partial charge in [-0.3, -0.25) is 4.57 Å². The van der Waals surface area contributed by atoms with Gasteiger partial charge in [-0.15, -0.1) is 0 Å². The van der Waals surface area contributed by atoms with Gasteiger partial charge in [-0.25, -0.2) is 4.98 Å². The molecule has 3 rings (SSSR count). The van der Waals surface area contributed by atoms with Gasteiger partial charge in [0.15, 0.2) is 0 Å². The third-order valence-corrected chi connectivity index (χ3v) is 3.47. The van der Waals surface area contributed by atoms with Crippen LogP contribution in [0.15, 0.2) is 12.1 Å². The van der Waals surface area contributed by atoms with Crippen LogP contribution in [0.3, 0.4) is 0 Å². The summed E-state index contributed by atoms with van der Waals surface area (Å²) >= 11 is 0. The van der Waals surface area contributed by atoms with Crippen molar-refractivity contribution in [3.05, 3.63) is 23.3 Å². The van der Waals surface area contributed by atoms with E-state index in [0.29, 0.717) is 5.95 Å². The van der Waals surface area contributed by atoms with Gasteiger partial charge >= 0.3 is 0 Å². The van der Waals surface area contributed by atoms with E-state index in [-0.39, 0.29) is 6.54 Å². The summed E-state index contributed by atoms with van der Waals surface area (Å²) in [6.45, 7) is 0.265. The van der Waals surface area contributed by atoms with Gasteiger partial charge in [0.25, 0.3) is 0 Å². The smallest absolute Gasteiger partial charge is 0.202 e. The van der Waals surface area contributed by atoms with Crippen LogP contribution < -0.4 is 5.73 Å². The summed E-state index contributed by atoms with van der Waals surface area (Å²) in [6, 6.07) is 6.42. The van der Waals surface area contributed by atoms with Crippen LogP contribution in [0.2, 0.25) is 0 Å². The average molecular weight is 226 g/mol. The molecule has 1 aromatic carbocycles. The van der Waals surface area contributed by atoms with Gasteiger partial charge < -0.3 is 5.73 Å². The van der Waals surface area contributed by atoms with Crippen molar-refractivity contribution in [2.45, 2.75) is 32.2 Å². The molecule has 17 heavy (non-hydrogen) atoms. The third-order valence-electron chi connectivity index (χ3n) is 3.47. The van der Waals surface area contributed by atoms with E-state index in [1.807, 2.05) is 0 Å². The molecule has 4 heteroatoms. The maximum absolute atomic E-state index is 8.81. The Morgan fingerprint density at radius 1 is 1.29 bits per heavy atom. The lowest BCUT2D eigenvalue weighted by Crippen LogP contribution is -2.04. The van der Waals surface area contributed by atoms with Crippen LogP contribution in [-0.4, -0.2) is 9.55 Å². The molecule has 1 aromatic heterocycles. The molecular weight excluding hydrogens is 212 g/mol. The lowest BCUT2D eigenvalue weighted by Gasteiger charge is -2.15. The number of aryl methyl sites for hydroxylation is 2. The van der Waals surface area contributed by atoms with E-state index < -0.39 is 0 Å². The lowest BCUT2D eigenvalue weighted by molar-refractivity contribution is 0.686. The summed E-state index contributed by atoms with van der Waals surface area (Å²) in [7, 11) is 0. The molecule has 0 amide bonds. The van der Waals surface area contributed by atoms with E-state index in [2.05, 4.69) is 23.2 Å². The quantitative estimate of drug-likeness (QED) is 0.808. The molecule has 0 aliphatic heterocycles. The number of aromatic nitrogens is 2. The Hall–Kier alpha value is -2.02. The fourth-order valence-corrected chi connectivity index (χ4v) is 2.61. The van der Waals surface area contributed by atoms with Gasteiger partial charge in [0.05, 0.1) is 17.1 Å². The zero-order chi connectivity index (χ0) is 11.8. The van der Waals surface area contributed by atoms with Gasteiger partial charge in [-0.05, 0) is 48.9 Å². The van der Waals surface area contributed by atoms with Crippen LogP contribution in [0, 0.1) is 11.3 Å². The number of hydrogen-bond donors (Lipinski definition) is 1. The Morgan fingerprint density at radius 2 is 2.00 bits per heavy atom. The number of nitrogens with zero attached hydrogens (tertiary/aromatic N) is 3. The normalized spacial score (nSPS) is 14.5. The second kappa shape index (κ2) is 3.77. The first-order valence-electron chi connectivity index (χ1n) is 5.94. The fourth-order valence-electron chi connectivity index (χ4n) is 2.61. The first-order chi connectivity index (χ1) is 8.29. The zero-order valence-electron chi connectivity index (χ0n) is 9.61. The summed E-state index contributed by atoms with van der Waals surface area (Å²) in [5.74, 6) is 0.434. The fraction of sp³-hybridized carbons (Fsp3) is 0.385. The molecule has 0 spiro atoms. The first-order valence-corrected chi connectivity index (χ1v) is 5.94. The maximum Gasteiger partial charge on any atom is 0.202 e. The summed E-state index contributed by atoms with van der Waals surface area (Å²) in [4.78, 5) is 4.33. The Labute approximate surface area is 99.7 Å². The minimum absolute atomic E-state index is 0.265. The molecule has 1 aliphatic carbocycles. The van der Waals surface area contributed by atoms with Crippen molar-refractivity contribution in [1.82, 2.24) is 9.55 Å². The van der Waals surface area contributed by atoms with E-state index in [4.69, 9.17) is 11.0 Å². The molecule has 2 N–H and O–H groups in total. The summed E-state index contributed by atoms with van der Waals surface area (Å²) in [5, 5.41) is 8.81. The van der Waals surface area contributed by atoms with Crippen LogP contribution >= 0.6 is 0 Å². The Balaban J connectivity index is 2.24. The Bertz CT molecular complexity index is 618. The highest BCUT2D eigenvalue weighted by atomic mass is 15.1. The molecule has 4 nitrogen and oxygen atoms in total. The van der Waals surface area contributed by atoms with Crippen molar-refractivity contribution in [1.29, 1.82) is 5.26 Å². The molecule has 0 bridgehead atoms. The van der Waals surface area contributed by atoms with Crippen LogP contribution in [0.1, 0.15) is 24.0 Å². The van der Waals surface area contributed by atoms with E-state index >= 15 is 0 Å².